The van der Waals surface area contributed by atoms with Crippen LogP contribution in [0.3, 0.4) is 0 Å². The molecule has 0 spiro atoms. The Balaban J connectivity index is 1.92. The van der Waals surface area contributed by atoms with E-state index in [0.29, 0.717) is 5.41 Å². The first kappa shape index (κ1) is 9.27. The van der Waals surface area contributed by atoms with Gasteiger partial charge in [0.15, 0.2) is 0 Å². The molecular formula is C16H19. The van der Waals surface area contributed by atoms with Crippen molar-refractivity contribution >= 4 is 0 Å². The van der Waals surface area contributed by atoms with Gasteiger partial charge in [-0.2, -0.15) is 0 Å². The number of hydrogen-bond acceptors (Lipinski definition) is 0. The molecule has 1 aromatic carbocycles. The van der Waals surface area contributed by atoms with Crippen molar-refractivity contribution in [2.75, 3.05) is 0 Å². The average Bonchev–Trinajstić information content (AvgIpc) is 2.40. The highest BCUT2D eigenvalue weighted by Gasteiger charge is 2.47. The fourth-order valence-electron chi connectivity index (χ4n) is 4.78. The molecule has 0 heteroatoms. The van der Waals surface area contributed by atoms with Crippen molar-refractivity contribution in [2.45, 2.75) is 50.9 Å². The average molecular weight is 211 g/mol. The maximum absolute atomic E-state index is 2.52. The first-order valence-electron chi connectivity index (χ1n) is 6.66. The standard InChI is InChI=1S/C16H19/c1-16-8-11-6-12(9-16)14-4-2-3-5-15(14)13(7-11)10-16/h2-5,12-13H,6-10H2,1H3. The third-order valence-corrected chi connectivity index (χ3v) is 5.10. The van der Waals surface area contributed by atoms with Crippen molar-refractivity contribution in [3.05, 3.63) is 41.3 Å². The zero-order chi connectivity index (χ0) is 10.8. The van der Waals surface area contributed by atoms with Gasteiger partial charge in [0.25, 0.3) is 0 Å². The minimum absolute atomic E-state index is 0.625. The first-order valence-corrected chi connectivity index (χ1v) is 6.66. The highest BCUT2D eigenvalue weighted by Crippen LogP contribution is 2.61. The van der Waals surface area contributed by atoms with E-state index in [-0.39, 0.29) is 0 Å². The summed E-state index contributed by atoms with van der Waals surface area (Å²) in [6.45, 7) is 2.52. The lowest BCUT2D eigenvalue weighted by Gasteiger charge is -2.46. The van der Waals surface area contributed by atoms with Crippen LogP contribution in [-0.4, -0.2) is 0 Å². The third kappa shape index (κ3) is 1.16. The topological polar surface area (TPSA) is 0 Å². The molecule has 16 heavy (non-hydrogen) atoms. The van der Waals surface area contributed by atoms with Gasteiger partial charge in [0.05, 0.1) is 0 Å². The van der Waals surface area contributed by atoms with E-state index in [4.69, 9.17) is 0 Å². The van der Waals surface area contributed by atoms with Crippen molar-refractivity contribution in [3.63, 3.8) is 0 Å². The quantitative estimate of drug-likeness (QED) is 0.595. The first-order chi connectivity index (χ1) is 7.73. The second-order valence-corrected chi connectivity index (χ2v) is 6.58. The van der Waals surface area contributed by atoms with Gasteiger partial charge < -0.3 is 0 Å². The molecular weight excluding hydrogens is 192 g/mol. The van der Waals surface area contributed by atoms with E-state index in [1.807, 2.05) is 5.92 Å². The molecule has 2 fully saturated rings. The number of hydrogen-bond donors (Lipinski definition) is 0. The molecule has 0 N–H and O–H groups in total. The van der Waals surface area contributed by atoms with E-state index in [0.717, 1.165) is 11.8 Å². The van der Waals surface area contributed by atoms with Crippen LogP contribution >= 0.6 is 0 Å². The van der Waals surface area contributed by atoms with Crippen LogP contribution in [0.1, 0.15) is 62.0 Å². The Kier molecular flexibility index (Phi) is 1.69. The molecule has 4 aliphatic rings. The molecule has 2 saturated carbocycles. The van der Waals surface area contributed by atoms with Crippen LogP contribution in [0, 0.1) is 11.3 Å². The molecule has 0 saturated heterocycles. The zero-order valence-electron chi connectivity index (χ0n) is 10.00. The second-order valence-electron chi connectivity index (χ2n) is 6.58. The maximum Gasteiger partial charge on any atom is -0.0148 e. The summed E-state index contributed by atoms with van der Waals surface area (Å²) in [5.41, 5.74) is 4.00. The lowest BCUT2D eigenvalue weighted by atomic mass is 9.59. The Bertz CT molecular complexity index is 396. The van der Waals surface area contributed by atoms with Gasteiger partial charge in [-0.25, -0.2) is 0 Å². The van der Waals surface area contributed by atoms with Crippen molar-refractivity contribution in [2.24, 2.45) is 5.41 Å². The minimum atomic E-state index is 0.625. The Morgan fingerprint density at radius 1 is 1.00 bits per heavy atom. The van der Waals surface area contributed by atoms with Gasteiger partial charge >= 0.3 is 0 Å². The Labute approximate surface area is 98.1 Å². The summed E-state index contributed by atoms with van der Waals surface area (Å²) in [5, 5.41) is 0. The third-order valence-electron chi connectivity index (χ3n) is 5.10. The zero-order valence-corrected chi connectivity index (χ0v) is 10.00. The molecule has 2 atom stereocenters. The molecule has 4 aliphatic carbocycles. The molecule has 0 heterocycles. The lowest BCUT2D eigenvalue weighted by Crippen LogP contribution is -2.33. The van der Waals surface area contributed by atoms with Gasteiger partial charge in [0, 0.05) is 0 Å². The largest absolute Gasteiger partial charge is 0.0620 e. The molecule has 4 bridgehead atoms. The number of rotatable bonds is 0. The highest BCUT2D eigenvalue weighted by atomic mass is 14.5. The summed E-state index contributed by atoms with van der Waals surface area (Å²) in [6, 6.07) is 9.26. The molecule has 5 rings (SSSR count). The van der Waals surface area contributed by atoms with Crippen molar-refractivity contribution in [3.8, 4) is 0 Å². The van der Waals surface area contributed by atoms with E-state index in [1.165, 1.54) is 32.1 Å². The maximum atomic E-state index is 2.52. The van der Waals surface area contributed by atoms with Crippen LogP contribution in [0.15, 0.2) is 24.3 Å². The van der Waals surface area contributed by atoms with E-state index in [9.17, 15) is 0 Å². The van der Waals surface area contributed by atoms with Crippen LogP contribution in [0.5, 0.6) is 0 Å². The van der Waals surface area contributed by atoms with Crippen LogP contribution in [0.25, 0.3) is 0 Å². The van der Waals surface area contributed by atoms with Crippen molar-refractivity contribution < 1.29 is 0 Å². The highest BCUT2D eigenvalue weighted by molar-refractivity contribution is 5.40. The van der Waals surface area contributed by atoms with Gasteiger partial charge in [-0.1, -0.05) is 31.2 Å². The summed E-state index contributed by atoms with van der Waals surface area (Å²) in [6.07, 6.45) is 7.08. The predicted octanol–water partition coefficient (Wildman–Crippen LogP) is 4.43. The van der Waals surface area contributed by atoms with Gasteiger partial charge in [-0.05, 0) is 66.4 Å². The van der Waals surface area contributed by atoms with Gasteiger partial charge in [0.2, 0.25) is 0 Å². The monoisotopic (exact) mass is 211 g/mol. The van der Waals surface area contributed by atoms with Gasteiger partial charge in [-0.15, -0.1) is 0 Å². The number of benzene rings is 1. The van der Waals surface area contributed by atoms with Crippen LogP contribution in [0.4, 0.5) is 0 Å². The summed E-state index contributed by atoms with van der Waals surface area (Å²) in [7, 11) is 0. The molecule has 2 unspecified atom stereocenters. The van der Waals surface area contributed by atoms with E-state index in [2.05, 4.69) is 31.2 Å². The van der Waals surface area contributed by atoms with Crippen LogP contribution < -0.4 is 0 Å². The van der Waals surface area contributed by atoms with Crippen LogP contribution in [0.2, 0.25) is 0 Å². The predicted molar refractivity (Wildman–Crippen MR) is 66.4 cm³/mol. The summed E-state index contributed by atoms with van der Waals surface area (Å²) in [5.74, 6) is 3.56. The Morgan fingerprint density at radius 3 is 2.06 bits per heavy atom. The minimum Gasteiger partial charge on any atom is -0.0620 e. The Morgan fingerprint density at radius 2 is 1.56 bits per heavy atom. The van der Waals surface area contributed by atoms with Crippen molar-refractivity contribution in [1.29, 1.82) is 0 Å². The van der Waals surface area contributed by atoms with Gasteiger partial charge in [0.1, 0.15) is 0 Å². The van der Waals surface area contributed by atoms with Gasteiger partial charge in [-0.3, -0.25) is 0 Å². The Hall–Kier alpha value is -0.780. The molecule has 0 amide bonds. The molecule has 0 nitrogen and oxygen atoms in total. The van der Waals surface area contributed by atoms with Crippen molar-refractivity contribution in [1.82, 2.24) is 0 Å². The summed E-state index contributed by atoms with van der Waals surface area (Å²) in [4.78, 5) is 0. The normalized spacial score (nSPS) is 40.8. The summed E-state index contributed by atoms with van der Waals surface area (Å²) >= 11 is 0. The fourth-order valence-corrected chi connectivity index (χ4v) is 4.78. The van der Waals surface area contributed by atoms with E-state index in [1.54, 1.807) is 11.1 Å². The van der Waals surface area contributed by atoms with E-state index < -0.39 is 0 Å². The molecule has 1 radical (unpaired) electrons. The summed E-state index contributed by atoms with van der Waals surface area (Å²) < 4.78 is 0. The molecule has 83 valence electrons. The lowest BCUT2D eigenvalue weighted by molar-refractivity contribution is 0.151. The van der Waals surface area contributed by atoms with Crippen LogP contribution in [-0.2, 0) is 0 Å². The SMILES string of the molecule is CC12C[C]3CC(C1)c1ccccc1C(C3)C2. The second kappa shape index (κ2) is 2.91. The smallest absolute Gasteiger partial charge is 0.0148 e. The fraction of sp³-hybridized carbons (Fsp3) is 0.562. The van der Waals surface area contributed by atoms with E-state index >= 15 is 0 Å². The molecule has 0 aliphatic heterocycles. The molecule has 1 aromatic rings. The molecule has 0 aromatic heterocycles.